The summed E-state index contributed by atoms with van der Waals surface area (Å²) in [6.07, 6.45) is 3.36. The summed E-state index contributed by atoms with van der Waals surface area (Å²) < 4.78 is 5.31. The lowest BCUT2D eigenvalue weighted by Gasteiger charge is -2.20. The van der Waals surface area contributed by atoms with E-state index in [0.717, 1.165) is 19.4 Å². The van der Waals surface area contributed by atoms with Gasteiger partial charge in [0.05, 0.1) is 6.61 Å². The molecule has 0 bridgehead atoms. The van der Waals surface area contributed by atoms with E-state index in [-0.39, 0.29) is 0 Å². The fraction of sp³-hybridized carbons (Fsp3) is 0.588. The van der Waals surface area contributed by atoms with Crippen molar-refractivity contribution in [3.63, 3.8) is 0 Å². The Kier molecular flexibility index (Phi) is 8.78. The highest BCUT2D eigenvalue weighted by Gasteiger charge is 2.15. The maximum atomic E-state index is 11.9. The Morgan fingerprint density at radius 1 is 1.29 bits per heavy atom. The van der Waals surface area contributed by atoms with Crippen molar-refractivity contribution in [2.24, 2.45) is 0 Å². The number of pyridine rings is 1. The molecule has 134 valence electrons. The molecule has 7 heteroatoms. The Bertz CT molecular complexity index is 534. The lowest BCUT2D eigenvalue weighted by Crippen LogP contribution is -2.36. The van der Waals surface area contributed by atoms with Crippen LogP contribution in [0.15, 0.2) is 18.3 Å². The van der Waals surface area contributed by atoms with Crippen LogP contribution < -0.4 is 15.4 Å². The standard InChI is InChI=1S/C17H28N4O3/c1-5-24-17-14(9-8-11-19-17)20-16(23)15(22)18-10-6-7-12-21(4)13(2)3/h8-9,11,13H,5-7,10,12H2,1-4H3,(H,18,22)(H,20,23). The van der Waals surface area contributed by atoms with Crippen molar-refractivity contribution in [2.75, 3.05) is 32.1 Å². The molecule has 0 aromatic carbocycles. The van der Waals surface area contributed by atoms with Gasteiger partial charge in [0, 0.05) is 18.8 Å². The summed E-state index contributed by atoms with van der Waals surface area (Å²) in [5.74, 6) is -1.07. The van der Waals surface area contributed by atoms with Crippen molar-refractivity contribution in [1.82, 2.24) is 15.2 Å². The van der Waals surface area contributed by atoms with Crippen LogP contribution in [0, 0.1) is 0 Å². The van der Waals surface area contributed by atoms with E-state index in [1.807, 2.05) is 6.92 Å². The highest BCUT2D eigenvalue weighted by molar-refractivity contribution is 6.39. The van der Waals surface area contributed by atoms with Gasteiger partial charge in [0.2, 0.25) is 5.88 Å². The van der Waals surface area contributed by atoms with E-state index in [4.69, 9.17) is 4.74 Å². The zero-order valence-corrected chi connectivity index (χ0v) is 15.0. The number of anilines is 1. The molecule has 1 rings (SSSR count). The van der Waals surface area contributed by atoms with Crippen molar-refractivity contribution < 1.29 is 14.3 Å². The number of carbonyl (C=O) groups is 2. The zero-order valence-electron chi connectivity index (χ0n) is 15.0. The van der Waals surface area contributed by atoms with Crippen molar-refractivity contribution in [3.05, 3.63) is 18.3 Å². The third kappa shape index (κ3) is 6.95. The van der Waals surface area contributed by atoms with Crippen LogP contribution in [0.25, 0.3) is 0 Å². The largest absolute Gasteiger partial charge is 0.476 e. The molecule has 0 aliphatic carbocycles. The molecule has 1 aromatic heterocycles. The normalized spacial score (nSPS) is 10.8. The average molecular weight is 336 g/mol. The number of amides is 2. The molecule has 2 N–H and O–H groups in total. The fourth-order valence-corrected chi connectivity index (χ4v) is 1.94. The van der Waals surface area contributed by atoms with Gasteiger partial charge in [0.15, 0.2) is 0 Å². The second-order valence-corrected chi connectivity index (χ2v) is 5.78. The van der Waals surface area contributed by atoms with Gasteiger partial charge in [0.1, 0.15) is 5.69 Å². The SMILES string of the molecule is CCOc1ncccc1NC(=O)C(=O)NCCCCN(C)C(C)C. The lowest BCUT2D eigenvalue weighted by molar-refractivity contribution is -0.136. The van der Waals surface area contributed by atoms with Crippen LogP contribution in [0.3, 0.4) is 0 Å². The Labute approximate surface area is 143 Å². The second kappa shape index (κ2) is 10.6. The quantitative estimate of drug-likeness (QED) is 0.529. The predicted octanol–water partition coefficient (Wildman–Crippen LogP) is 1.66. The molecule has 24 heavy (non-hydrogen) atoms. The Balaban J connectivity index is 2.34. The van der Waals surface area contributed by atoms with E-state index in [1.165, 1.54) is 0 Å². The second-order valence-electron chi connectivity index (χ2n) is 5.78. The number of hydrogen-bond acceptors (Lipinski definition) is 5. The summed E-state index contributed by atoms with van der Waals surface area (Å²) in [7, 11) is 2.07. The number of unbranched alkanes of at least 4 members (excludes halogenated alkanes) is 1. The highest BCUT2D eigenvalue weighted by atomic mass is 16.5. The molecule has 1 aromatic rings. The summed E-state index contributed by atoms with van der Waals surface area (Å²) in [5.41, 5.74) is 0.387. The monoisotopic (exact) mass is 336 g/mol. The van der Waals surface area contributed by atoms with Gasteiger partial charge in [-0.3, -0.25) is 9.59 Å². The third-order valence-electron chi connectivity index (χ3n) is 3.61. The van der Waals surface area contributed by atoms with Crippen LogP contribution in [0.2, 0.25) is 0 Å². The van der Waals surface area contributed by atoms with Crippen LogP contribution >= 0.6 is 0 Å². The third-order valence-corrected chi connectivity index (χ3v) is 3.61. The topological polar surface area (TPSA) is 83.6 Å². The Morgan fingerprint density at radius 3 is 2.71 bits per heavy atom. The minimum Gasteiger partial charge on any atom is -0.476 e. The zero-order chi connectivity index (χ0) is 17.9. The van der Waals surface area contributed by atoms with E-state index < -0.39 is 11.8 Å². The number of hydrogen-bond donors (Lipinski definition) is 2. The molecule has 7 nitrogen and oxygen atoms in total. The van der Waals surface area contributed by atoms with Crippen LogP contribution in [0.4, 0.5) is 5.69 Å². The van der Waals surface area contributed by atoms with Crippen molar-refractivity contribution >= 4 is 17.5 Å². The number of ether oxygens (including phenoxy) is 1. The van der Waals surface area contributed by atoms with Crippen LogP contribution in [-0.2, 0) is 9.59 Å². The Hall–Kier alpha value is -2.15. The summed E-state index contributed by atoms with van der Waals surface area (Å²) in [4.78, 5) is 30.0. The summed E-state index contributed by atoms with van der Waals surface area (Å²) in [6, 6.07) is 3.82. The summed E-state index contributed by atoms with van der Waals surface area (Å²) in [5, 5.41) is 5.15. The van der Waals surface area contributed by atoms with Gasteiger partial charge in [-0.1, -0.05) is 0 Å². The minimum atomic E-state index is -0.719. The van der Waals surface area contributed by atoms with E-state index in [2.05, 4.69) is 41.4 Å². The molecule has 0 aliphatic rings. The maximum Gasteiger partial charge on any atom is 0.313 e. The van der Waals surface area contributed by atoms with E-state index in [1.54, 1.807) is 18.3 Å². The fourth-order valence-electron chi connectivity index (χ4n) is 1.94. The summed E-state index contributed by atoms with van der Waals surface area (Å²) >= 11 is 0. The average Bonchev–Trinajstić information content (AvgIpc) is 2.56. The molecule has 0 fully saturated rings. The van der Waals surface area contributed by atoms with E-state index in [0.29, 0.717) is 30.8 Å². The first kappa shape index (κ1) is 19.9. The first-order valence-electron chi connectivity index (χ1n) is 8.33. The van der Waals surface area contributed by atoms with Gasteiger partial charge in [-0.05, 0) is 59.3 Å². The molecule has 0 unspecified atom stereocenters. The molecule has 0 saturated carbocycles. The molecular weight excluding hydrogens is 308 g/mol. The van der Waals surface area contributed by atoms with Crippen molar-refractivity contribution in [1.29, 1.82) is 0 Å². The molecule has 2 amide bonds. The van der Waals surface area contributed by atoms with Gasteiger partial charge >= 0.3 is 11.8 Å². The highest BCUT2D eigenvalue weighted by Crippen LogP contribution is 2.20. The molecule has 0 aliphatic heterocycles. The van der Waals surface area contributed by atoms with Gasteiger partial charge in [-0.25, -0.2) is 4.98 Å². The van der Waals surface area contributed by atoms with Crippen LogP contribution in [-0.4, -0.2) is 54.5 Å². The van der Waals surface area contributed by atoms with Crippen molar-refractivity contribution in [2.45, 2.75) is 39.7 Å². The van der Waals surface area contributed by atoms with E-state index >= 15 is 0 Å². The minimum absolute atomic E-state index is 0.304. The van der Waals surface area contributed by atoms with Crippen LogP contribution in [0.5, 0.6) is 5.88 Å². The molecule has 0 saturated heterocycles. The smallest absolute Gasteiger partial charge is 0.313 e. The first-order valence-corrected chi connectivity index (χ1v) is 8.33. The van der Waals surface area contributed by atoms with Gasteiger partial charge in [-0.15, -0.1) is 0 Å². The first-order chi connectivity index (χ1) is 11.5. The number of carbonyl (C=O) groups excluding carboxylic acids is 2. The van der Waals surface area contributed by atoms with Gasteiger partial charge in [-0.2, -0.15) is 0 Å². The van der Waals surface area contributed by atoms with Crippen molar-refractivity contribution in [3.8, 4) is 5.88 Å². The molecule has 0 radical (unpaired) electrons. The molecule has 0 spiro atoms. The maximum absolute atomic E-state index is 11.9. The van der Waals surface area contributed by atoms with Gasteiger partial charge in [0.25, 0.3) is 0 Å². The summed E-state index contributed by atoms with van der Waals surface area (Å²) in [6.45, 7) is 7.97. The number of nitrogens with zero attached hydrogens (tertiary/aromatic N) is 2. The lowest BCUT2D eigenvalue weighted by atomic mass is 10.2. The van der Waals surface area contributed by atoms with Gasteiger partial charge < -0.3 is 20.3 Å². The number of aromatic nitrogens is 1. The number of nitrogens with one attached hydrogen (secondary N) is 2. The Morgan fingerprint density at radius 2 is 2.04 bits per heavy atom. The predicted molar refractivity (Wildman–Crippen MR) is 94.0 cm³/mol. The number of rotatable bonds is 9. The molecular formula is C17H28N4O3. The molecule has 0 atom stereocenters. The molecule has 1 heterocycles. The van der Waals surface area contributed by atoms with Crippen LogP contribution in [0.1, 0.15) is 33.6 Å². The van der Waals surface area contributed by atoms with E-state index in [9.17, 15) is 9.59 Å².